The van der Waals surface area contributed by atoms with E-state index in [0.29, 0.717) is 25.5 Å². The first kappa shape index (κ1) is 25.9. The third-order valence-corrected chi connectivity index (χ3v) is 8.15. The van der Waals surface area contributed by atoms with Crippen LogP contribution in [0.15, 0.2) is 24.4 Å². The fourth-order valence-corrected chi connectivity index (χ4v) is 6.14. The second kappa shape index (κ2) is 10.9. The molecule has 1 aliphatic heterocycles. The number of halogens is 1. The maximum absolute atomic E-state index is 12.2. The van der Waals surface area contributed by atoms with Crippen molar-refractivity contribution < 1.29 is 19.0 Å². The first-order valence-corrected chi connectivity index (χ1v) is 16.0. The molecule has 2 atom stereocenters. The van der Waals surface area contributed by atoms with Crippen molar-refractivity contribution in [2.24, 2.45) is 7.05 Å². The first-order valence-electron chi connectivity index (χ1n) is 12.0. The van der Waals surface area contributed by atoms with Gasteiger partial charge in [0.1, 0.15) is 13.2 Å². The minimum absolute atomic E-state index is 0.0373. The third kappa shape index (κ3) is 5.04. The Balaban J connectivity index is 1.65. The number of aromatic nitrogens is 6. The molecule has 2 unspecified atom stereocenters. The quantitative estimate of drug-likeness (QED) is 0.178. The van der Waals surface area contributed by atoms with Gasteiger partial charge in [-0.25, -0.2) is 9.13 Å². The summed E-state index contributed by atoms with van der Waals surface area (Å²) in [5, 5.41) is 15.0. The molecule has 0 N–H and O–H groups in total. The molecular formula is C25H28IN6O4P. The minimum Gasteiger partial charge on any atom is -0.475 e. The number of hydrogen-bond acceptors (Lipinski definition) is 7. The van der Waals surface area contributed by atoms with Gasteiger partial charge in [0.05, 0.1) is 60.1 Å². The largest absolute Gasteiger partial charge is 0.475 e. The molecule has 0 amide bonds. The van der Waals surface area contributed by atoms with Gasteiger partial charge in [-0.3, -0.25) is 9.48 Å². The lowest BCUT2D eigenvalue weighted by molar-refractivity contribution is -0.144. The summed E-state index contributed by atoms with van der Waals surface area (Å²) in [6, 6.07) is 6.38. The van der Waals surface area contributed by atoms with Crippen LogP contribution in [0.1, 0.15) is 42.6 Å². The van der Waals surface area contributed by atoms with Crippen LogP contribution < -0.4 is 4.74 Å². The van der Waals surface area contributed by atoms with Crippen molar-refractivity contribution >= 4 is 57.4 Å². The second-order valence-electron chi connectivity index (χ2n) is 8.64. The minimum atomic E-state index is -0.370. The summed E-state index contributed by atoms with van der Waals surface area (Å²) >= 11 is 2.34. The Labute approximate surface area is 229 Å². The van der Waals surface area contributed by atoms with Crippen molar-refractivity contribution in [3.63, 3.8) is 0 Å². The molecule has 2 bridgehead atoms. The SMILES string of the molecule is CCOC(=O)Cn1nc(C)c2c1OCCOC(C)c1c(cnn1C)-c1ccc3c(c1)c(nn3PI)/C=C/2. The highest BCUT2D eigenvalue weighted by molar-refractivity contribution is 14.2. The lowest BCUT2D eigenvalue weighted by atomic mass is 10.0. The van der Waals surface area contributed by atoms with Gasteiger partial charge >= 0.3 is 5.97 Å². The molecule has 4 heterocycles. The molecule has 10 nitrogen and oxygen atoms in total. The van der Waals surface area contributed by atoms with Gasteiger partial charge < -0.3 is 14.2 Å². The fourth-order valence-electron chi connectivity index (χ4n) is 4.61. The molecule has 37 heavy (non-hydrogen) atoms. The molecule has 12 heteroatoms. The zero-order valence-corrected chi connectivity index (χ0v) is 24.2. The van der Waals surface area contributed by atoms with Crippen LogP contribution in [0, 0.1) is 6.92 Å². The van der Waals surface area contributed by atoms with Gasteiger partial charge in [0.2, 0.25) is 5.88 Å². The van der Waals surface area contributed by atoms with E-state index < -0.39 is 0 Å². The lowest BCUT2D eigenvalue weighted by Crippen LogP contribution is -2.18. The van der Waals surface area contributed by atoms with Gasteiger partial charge in [-0.2, -0.15) is 15.3 Å². The zero-order chi connectivity index (χ0) is 26.1. The standard InChI is InChI=1S/C25H28IN6O4P/c1-5-34-23(33)14-31-25-18(15(2)28-31)7-8-21-19-12-17(6-9-22(19)32(29-21)37-26)20-13-27-30(4)24(20)16(3)35-10-11-36-25/h6-9,12-13,16,37H,5,10-11,14H2,1-4H3/b8-7+. The van der Waals surface area contributed by atoms with Gasteiger partial charge in [0.15, 0.2) is 0 Å². The van der Waals surface area contributed by atoms with Crippen LogP contribution in [0.25, 0.3) is 34.2 Å². The van der Waals surface area contributed by atoms with Crippen LogP contribution in [-0.4, -0.2) is 54.9 Å². The summed E-state index contributed by atoms with van der Waals surface area (Å²) in [5.74, 6) is 0.125. The number of carbonyl (C=O) groups is 1. The van der Waals surface area contributed by atoms with Gasteiger partial charge in [0.25, 0.3) is 0 Å². The molecule has 1 aromatic carbocycles. The van der Waals surface area contributed by atoms with Crippen molar-refractivity contribution in [3.05, 3.63) is 47.0 Å². The van der Waals surface area contributed by atoms with E-state index in [1.807, 2.05) is 48.4 Å². The number of esters is 1. The van der Waals surface area contributed by atoms with Gasteiger partial charge in [-0.1, -0.05) is 6.07 Å². The number of aryl methyl sites for hydroxylation is 2. The van der Waals surface area contributed by atoms with E-state index in [1.54, 1.807) is 11.6 Å². The molecule has 3 aromatic heterocycles. The Kier molecular flexibility index (Phi) is 7.64. The Bertz CT molecular complexity index is 1490. The van der Waals surface area contributed by atoms with Crippen LogP contribution in [-0.2, 0) is 27.9 Å². The topological polar surface area (TPSA) is 98.2 Å². The zero-order valence-electron chi connectivity index (χ0n) is 21.1. The van der Waals surface area contributed by atoms with E-state index in [4.69, 9.17) is 19.3 Å². The van der Waals surface area contributed by atoms with E-state index >= 15 is 0 Å². The monoisotopic (exact) mass is 634 g/mol. The number of carbonyl (C=O) groups excluding carboxylic acids is 1. The smallest absolute Gasteiger partial charge is 0.327 e. The Hall–Kier alpha value is -2.76. The average Bonchev–Trinajstić information content (AvgIpc) is 3.52. The van der Waals surface area contributed by atoms with Gasteiger partial charge in [-0.05, 0) is 72.7 Å². The van der Waals surface area contributed by atoms with Crippen LogP contribution in [0.3, 0.4) is 0 Å². The molecule has 0 radical (unpaired) electrons. The first-order chi connectivity index (χ1) is 17.9. The highest BCUT2D eigenvalue weighted by Gasteiger charge is 2.22. The molecule has 0 spiro atoms. The lowest BCUT2D eigenvalue weighted by Gasteiger charge is -2.17. The molecule has 0 aliphatic carbocycles. The number of benzene rings is 1. The second-order valence-corrected chi connectivity index (χ2v) is 10.7. The molecule has 4 aromatic rings. The van der Waals surface area contributed by atoms with Crippen LogP contribution in [0.2, 0.25) is 0 Å². The highest BCUT2D eigenvalue weighted by Crippen LogP contribution is 2.36. The van der Waals surface area contributed by atoms with Gasteiger partial charge in [0, 0.05) is 18.0 Å². The van der Waals surface area contributed by atoms with Crippen molar-refractivity contribution in [1.82, 2.24) is 29.1 Å². The Morgan fingerprint density at radius 3 is 2.89 bits per heavy atom. The summed E-state index contributed by atoms with van der Waals surface area (Å²) in [4.78, 5) is 12.2. The predicted molar refractivity (Wildman–Crippen MR) is 152 cm³/mol. The maximum Gasteiger partial charge on any atom is 0.327 e. The molecule has 1 aliphatic rings. The van der Waals surface area contributed by atoms with Crippen molar-refractivity contribution in [1.29, 1.82) is 0 Å². The summed E-state index contributed by atoms with van der Waals surface area (Å²) in [7, 11) is 1.92. The number of nitrogens with zero attached hydrogens (tertiary/aromatic N) is 6. The molecule has 5 rings (SSSR count). The van der Waals surface area contributed by atoms with Gasteiger partial charge in [-0.15, -0.1) is 0 Å². The fraction of sp³-hybridized carbons (Fsp3) is 0.360. The Morgan fingerprint density at radius 2 is 2.11 bits per heavy atom. The molecule has 0 fully saturated rings. The van der Waals surface area contributed by atoms with Crippen molar-refractivity contribution in [3.8, 4) is 17.0 Å². The van der Waals surface area contributed by atoms with Crippen LogP contribution in [0.4, 0.5) is 0 Å². The normalized spacial score (nSPS) is 16.8. The van der Waals surface area contributed by atoms with Crippen molar-refractivity contribution in [2.75, 3.05) is 19.8 Å². The van der Waals surface area contributed by atoms with Crippen molar-refractivity contribution in [2.45, 2.75) is 33.4 Å². The van der Waals surface area contributed by atoms with Crippen LogP contribution in [0.5, 0.6) is 5.88 Å². The molecular weight excluding hydrogens is 606 g/mol. The number of ether oxygens (including phenoxy) is 3. The third-order valence-electron chi connectivity index (χ3n) is 6.28. The van der Waals surface area contributed by atoms with E-state index in [2.05, 4.69) is 50.4 Å². The maximum atomic E-state index is 12.2. The highest BCUT2D eigenvalue weighted by atomic mass is 127. The average molecular weight is 634 g/mol. The van der Waals surface area contributed by atoms with E-state index in [0.717, 1.165) is 44.7 Å². The summed E-state index contributed by atoms with van der Waals surface area (Å²) in [5.41, 5.74) is 6.50. The number of hydrogen-bond donors (Lipinski definition) is 0. The number of rotatable bonds is 4. The van der Waals surface area contributed by atoms with Crippen LogP contribution >= 0.6 is 28.4 Å². The predicted octanol–water partition coefficient (Wildman–Crippen LogP) is 4.94. The molecule has 194 valence electrons. The van der Waals surface area contributed by atoms with E-state index in [9.17, 15) is 4.79 Å². The molecule has 0 saturated heterocycles. The van der Waals surface area contributed by atoms with E-state index in [1.165, 1.54) is 0 Å². The molecule has 0 saturated carbocycles. The number of fused-ring (bicyclic) bond motifs is 4. The Morgan fingerprint density at radius 1 is 1.27 bits per heavy atom. The summed E-state index contributed by atoms with van der Waals surface area (Å²) in [6.07, 6.45) is 6.06. The summed E-state index contributed by atoms with van der Waals surface area (Å²) in [6.45, 7) is 6.59. The van der Waals surface area contributed by atoms with E-state index in [-0.39, 0.29) is 25.2 Å². The summed E-state index contributed by atoms with van der Waals surface area (Å²) < 4.78 is 22.9.